The Balaban J connectivity index is 0.00000162. The van der Waals surface area contributed by atoms with Crippen molar-refractivity contribution in [2.24, 2.45) is 0 Å². The topological polar surface area (TPSA) is 3.24 Å². The van der Waals surface area contributed by atoms with E-state index in [2.05, 4.69) is 137 Å². The largest absolute Gasteiger partial charge is 1.00 e. The van der Waals surface area contributed by atoms with Crippen LogP contribution >= 0.6 is 0 Å². The van der Waals surface area contributed by atoms with Gasteiger partial charge in [0.1, 0.15) is 0 Å². The maximum absolute atomic E-state index is 2.45. The minimum Gasteiger partial charge on any atom is -1.00 e. The van der Waals surface area contributed by atoms with Crippen LogP contribution in [0.1, 0.15) is 57.8 Å². The summed E-state index contributed by atoms with van der Waals surface area (Å²) in [7, 11) is 0. The van der Waals surface area contributed by atoms with Crippen molar-refractivity contribution in [2.75, 3.05) is 3.38 Å². The van der Waals surface area contributed by atoms with Crippen molar-refractivity contribution in [2.45, 2.75) is 39.7 Å². The first kappa shape index (κ1) is 26.6. The summed E-state index contributed by atoms with van der Waals surface area (Å²) in [5.41, 5.74) is 13.7. The van der Waals surface area contributed by atoms with E-state index in [1.807, 2.05) is 0 Å². The number of aryl methyl sites for hydroxylation is 3. The first-order valence-corrected chi connectivity index (χ1v) is 12.0. The van der Waals surface area contributed by atoms with Crippen molar-refractivity contribution in [3.63, 3.8) is 0 Å². The number of benzene rings is 4. The Bertz CT molecular complexity index is 1250. The average Bonchev–Trinajstić information content (AvgIpc) is 3.12. The van der Waals surface area contributed by atoms with Crippen LogP contribution in [0.25, 0.3) is 11.1 Å². The molecule has 4 heteroatoms. The maximum atomic E-state index is 2.45. The van der Waals surface area contributed by atoms with Crippen LogP contribution in [-0.4, -0.2) is 0 Å². The van der Waals surface area contributed by atoms with Gasteiger partial charge >= 0.3 is 204 Å². The molecule has 0 spiro atoms. The summed E-state index contributed by atoms with van der Waals surface area (Å²) in [6.45, 7) is 8.98. The Morgan fingerprint density at radius 1 is 0.676 bits per heavy atom. The third kappa shape index (κ3) is 4.48. The van der Waals surface area contributed by atoms with E-state index in [0.717, 1.165) is 0 Å². The van der Waals surface area contributed by atoms with Crippen LogP contribution < -0.4 is 28.2 Å². The summed E-state index contributed by atoms with van der Waals surface area (Å²) in [5.74, 6) is 0.273. The molecule has 0 saturated heterocycles. The molecule has 0 bridgehead atoms. The van der Waals surface area contributed by atoms with Crippen LogP contribution in [0.15, 0.2) is 84.9 Å². The van der Waals surface area contributed by atoms with Crippen LogP contribution in [0, 0.1) is 20.8 Å². The van der Waals surface area contributed by atoms with Gasteiger partial charge in [-0.15, -0.1) is 0 Å². The molecule has 0 heterocycles. The fraction of sp³-hybridized carbons (Fsp3) is 0.200. The van der Waals surface area contributed by atoms with Gasteiger partial charge in [0.25, 0.3) is 0 Å². The molecule has 5 rings (SSSR count). The summed E-state index contributed by atoms with van der Waals surface area (Å²) in [4.78, 5) is 0. The molecule has 0 saturated carbocycles. The summed E-state index contributed by atoms with van der Waals surface area (Å²) >= 11 is 2.24. The van der Waals surface area contributed by atoms with E-state index in [-0.39, 0.29) is 36.8 Å². The first-order valence-electron chi connectivity index (χ1n) is 11.3. The van der Waals surface area contributed by atoms with Crippen LogP contribution in [-0.2, 0) is 20.7 Å². The zero-order valence-corrected chi connectivity index (χ0v) is 23.0. The smallest absolute Gasteiger partial charge is 1.00 e. The van der Waals surface area contributed by atoms with Crippen LogP contribution in [0.2, 0.25) is 0 Å². The molecule has 171 valence electrons. The molecule has 0 amide bonds. The molecule has 0 N–H and O–H groups in total. The number of anilines is 1. The van der Waals surface area contributed by atoms with Gasteiger partial charge in [0.2, 0.25) is 0 Å². The molecular weight excluding hydrogens is 493 g/mol. The molecule has 4 aromatic rings. The molecule has 1 unspecified atom stereocenters. The second kappa shape index (κ2) is 10.7. The minimum atomic E-state index is 0. The van der Waals surface area contributed by atoms with Gasteiger partial charge in [0, 0.05) is 0 Å². The second-order valence-corrected chi connectivity index (χ2v) is 9.78. The predicted molar refractivity (Wildman–Crippen MR) is 131 cm³/mol. The van der Waals surface area contributed by atoms with Gasteiger partial charge in [-0.05, 0) is 0 Å². The van der Waals surface area contributed by atoms with Crippen LogP contribution in [0.4, 0.5) is 5.69 Å². The molecule has 0 radical (unpaired) electrons. The number of fused-ring (bicyclic) bond motifs is 3. The van der Waals surface area contributed by atoms with Crippen molar-refractivity contribution < 1.29 is 45.5 Å². The van der Waals surface area contributed by atoms with E-state index in [1.54, 1.807) is 0 Å². The molecule has 0 fully saturated rings. The first-order chi connectivity index (χ1) is 15.5. The Morgan fingerprint density at radius 2 is 1.12 bits per heavy atom. The summed E-state index contributed by atoms with van der Waals surface area (Å²) in [5, 5.41) is 0. The number of hydrogen-bond acceptors (Lipinski definition) is 1. The zero-order chi connectivity index (χ0) is 22.4. The molecule has 0 aromatic heterocycles. The third-order valence-corrected chi connectivity index (χ3v) is 7.81. The van der Waals surface area contributed by atoms with E-state index in [9.17, 15) is 0 Å². The average molecular weight is 521 g/mol. The van der Waals surface area contributed by atoms with Crippen molar-refractivity contribution in [3.05, 3.63) is 124 Å². The SMILES string of the molecule is Cc1cc(C)c([N]([Ti+2])C(C)c2ccccc2C2c3ccccc3-c3ccccc32)c(C)c1.[Cl-].[Cl-]. The zero-order valence-electron chi connectivity index (χ0n) is 19.9. The van der Waals surface area contributed by atoms with E-state index < -0.39 is 0 Å². The van der Waals surface area contributed by atoms with Gasteiger partial charge in [-0.3, -0.25) is 0 Å². The molecule has 34 heavy (non-hydrogen) atoms. The third-order valence-electron chi connectivity index (χ3n) is 6.85. The van der Waals surface area contributed by atoms with E-state index in [4.69, 9.17) is 0 Å². The molecule has 1 aliphatic rings. The monoisotopic (exact) mass is 520 g/mol. The summed E-state index contributed by atoms with van der Waals surface area (Å²) in [6, 6.07) is 31.7. The summed E-state index contributed by atoms with van der Waals surface area (Å²) in [6.07, 6.45) is 0. The Kier molecular flexibility index (Phi) is 8.37. The number of nitrogens with zero attached hydrogens (tertiary/aromatic N) is 1. The van der Waals surface area contributed by atoms with Gasteiger partial charge in [0.05, 0.1) is 0 Å². The van der Waals surface area contributed by atoms with Crippen molar-refractivity contribution in [3.8, 4) is 11.1 Å². The standard InChI is InChI=1S/C30H28N.2ClH.Ti/c1-19-17-20(2)30(21(3)18-19)31-22(4)23-11-5-8-14-26(23)29-27-15-9-6-12-24(27)25-13-7-10-16-28(25)29;;;/h5-18,22,29H,1-4H3;2*1H;/q-1;;;+3/p-2. The number of hydrogen-bond donors (Lipinski definition) is 0. The molecule has 1 atom stereocenters. The Labute approximate surface area is 228 Å². The molecule has 4 aromatic carbocycles. The summed E-state index contributed by atoms with van der Waals surface area (Å²) < 4.78 is 2.45. The molecule has 1 nitrogen and oxygen atoms in total. The van der Waals surface area contributed by atoms with Crippen LogP contribution in [0.3, 0.4) is 0 Å². The fourth-order valence-corrected chi connectivity index (χ4v) is 6.30. The Hall–Kier alpha value is -2.03. The second-order valence-electron chi connectivity index (χ2n) is 9.03. The number of halogens is 2. The molecule has 1 aliphatic carbocycles. The van der Waals surface area contributed by atoms with Crippen molar-refractivity contribution in [1.82, 2.24) is 0 Å². The van der Waals surface area contributed by atoms with E-state index in [1.165, 1.54) is 55.8 Å². The number of rotatable bonds is 4. The minimum absolute atomic E-state index is 0. The van der Waals surface area contributed by atoms with Gasteiger partial charge in [0.15, 0.2) is 0 Å². The van der Waals surface area contributed by atoms with Crippen molar-refractivity contribution >= 4 is 5.69 Å². The van der Waals surface area contributed by atoms with Gasteiger partial charge in [-0.1, -0.05) is 0 Å². The van der Waals surface area contributed by atoms with Gasteiger partial charge in [-0.25, -0.2) is 0 Å². The van der Waals surface area contributed by atoms with E-state index >= 15 is 0 Å². The van der Waals surface area contributed by atoms with Crippen molar-refractivity contribution in [1.29, 1.82) is 0 Å². The van der Waals surface area contributed by atoms with Gasteiger partial charge in [-0.2, -0.15) is 0 Å². The fourth-order valence-electron chi connectivity index (χ4n) is 5.53. The van der Waals surface area contributed by atoms with E-state index in [0.29, 0.717) is 0 Å². The Morgan fingerprint density at radius 3 is 1.65 bits per heavy atom. The molecule has 0 aliphatic heterocycles. The molecular formula is C30H28Cl2NTi. The van der Waals surface area contributed by atoms with Crippen LogP contribution in [0.5, 0.6) is 0 Å². The predicted octanol–water partition coefficient (Wildman–Crippen LogP) is 1.81. The quantitative estimate of drug-likeness (QED) is 0.327. The van der Waals surface area contributed by atoms with Gasteiger partial charge < -0.3 is 24.8 Å². The normalized spacial score (nSPS) is 12.8. The maximum Gasteiger partial charge on any atom is -1.00 e.